The van der Waals surface area contributed by atoms with Gasteiger partial charge in [-0.25, -0.2) is 0 Å². The summed E-state index contributed by atoms with van der Waals surface area (Å²) in [5.41, 5.74) is 2.71. The molecule has 4 unspecified atom stereocenters. The number of carbonyl (C=O) groups is 5. The van der Waals surface area contributed by atoms with E-state index in [4.69, 9.17) is 14.9 Å². The fraction of sp³-hybridized carbons (Fsp3) is 0.393. The highest BCUT2D eigenvalue weighted by Gasteiger charge is 2.56. The number of aliphatic carboxylic acids is 1. The van der Waals surface area contributed by atoms with Crippen LogP contribution in [0.4, 0.5) is 0 Å². The number of aliphatic hydroxyl groups is 1. The van der Waals surface area contributed by atoms with E-state index >= 15 is 0 Å². The van der Waals surface area contributed by atoms with Gasteiger partial charge < -0.3 is 14.9 Å². The molecule has 0 bridgehead atoms. The first-order valence-electron chi connectivity index (χ1n) is 12.3. The van der Waals surface area contributed by atoms with Crippen LogP contribution in [0, 0.1) is 17.8 Å². The maximum Gasteiger partial charge on any atom is 0.305 e. The fourth-order valence-electron chi connectivity index (χ4n) is 6.17. The molecule has 9 nitrogen and oxygen atoms in total. The monoisotopic (exact) mass is 505 g/mol. The summed E-state index contributed by atoms with van der Waals surface area (Å²) < 4.78 is 5.46. The zero-order valence-electron chi connectivity index (χ0n) is 20.3. The van der Waals surface area contributed by atoms with Crippen LogP contribution in [-0.4, -0.2) is 64.2 Å². The Hall–Kier alpha value is -3.85. The number of benzene rings is 1. The van der Waals surface area contributed by atoms with E-state index in [0.717, 1.165) is 16.0 Å². The molecule has 0 radical (unpaired) electrons. The highest BCUT2D eigenvalue weighted by Crippen LogP contribution is 2.55. The highest BCUT2D eigenvalue weighted by molar-refractivity contribution is 6.23. The molecule has 9 heteroatoms. The minimum atomic E-state index is -1.10. The number of fused-ring (bicyclic) bond motifs is 3. The number of nitrogens with zero attached hydrogens (tertiary/aromatic N) is 1. The number of rotatable bonds is 7. The number of imide groups is 1. The van der Waals surface area contributed by atoms with Crippen molar-refractivity contribution in [2.45, 2.75) is 32.1 Å². The van der Waals surface area contributed by atoms with Gasteiger partial charge in [0.2, 0.25) is 11.8 Å². The molecule has 1 aromatic carbocycles. The van der Waals surface area contributed by atoms with Crippen molar-refractivity contribution in [1.29, 1.82) is 0 Å². The number of Topliss-reactive ketones (excluding diaryl/α,β-unsaturated/α-hetero) is 1. The van der Waals surface area contributed by atoms with E-state index < -0.39 is 35.5 Å². The number of amides is 2. The van der Waals surface area contributed by atoms with Gasteiger partial charge >= 0.3 is 5.97 Å². The number of hydrogen-bond acceptors (Lipinski definition) is 7. The molecule has 4 aliphatic rings. The summed E-state index contributed by atoms with van der Waals surface area (Å²) in [6.07, 6.45) is 3.43. The minimum absolute atomic E-state index is 0.129. The van der Waals surface area contributed by atoms with E-state index in [-0.39, 0.29) is 50.1 Å². The highest BCUT2D eigenvalue weighted by atomic mass is 16.5. The van der Waals surface area contributed by atoms with Gasteiger partial charge in [-0.2, -0.15) is 0 Å². The van der Waals surface area contributed by atoms with Crippen LogP contribution < -0.4 is 4.74 Å². The van der Waals surface area contributed by atoms with Crippen molar-refractivity contribution in [2.24, 2.45) is 17.8 Å². The second-order valence-corrected chi connectivity index (χ2v) is 9.84. The van der Waals surface area contributed by atoms with Crippen LogP contribution in [-0.2, 0) is 24.0 Å². The summed E-state index contributed by atoms with van der Waals surface area (Å²) in [5.74, 6) is -4.15. The summed E-state index contributed by atoms with van der Waals surface area (Å²) in [7, 11) is 0. The molecule has 2 amide bonds. The number of ketones is 2. The van der Waals surface area contributed by atoms with Crippen LogP contribution in [0.25, 0.3) is 0 Å². The van der Waals surface area contributed by atoms with Gasteiger partial charge in [0.1, 0.15) is 12.4 Å². The van der Waals surface area contributed by atoms with Gasteiger partial charge in [0.15, 0.2) is 11.6 Å². The summed E-state index contributed by atoms with van der Waals surface area (Å²) in [5, 5.41) is 18.1. The zero-order chi connectivity index (χ0) is 26.4. The average molecular weight is 506 g/mol. The first kappa shape index (κ1) is 24.8. The molecule has 2 N–H and O–H groups in total. The molecule has 0 aromatic heterocycles. The van der Waals surface area contributed by atoms with Crippen LogP contribution in [0.2, 0.25) is 0 Å². The molecule has 1 fully saturated rings. The summed E-state index contributed by atoms with van der Waals surface area (Å²) in [4.78, 5) is 65.1. The summed E-state index contributed by atoms with van der Waals surface area (Å²) in [6, 6.07) is 7.08. The quantitative estimate of drug-likeness (QED) is 0.326. The number of allylic oxidation sites excluding steroid dienone is 6. The van der Waals surface area contributed by atoms with Gasteiger partial charge in [-0.1, -0.05) is 23.8 Å². The molecule has 3 aliphatic carbocycles. The van der Waals surface area contributed by atoms with E-state index in [9.17, 15) is 24.0 Å². The van der Waals surface area contributed by atoms with Crippen molar-refractivity contribution in [3.8, 4) is 5.75 Å². The van der Waals surface area contributed by atoms with Gasteiger partial charge in [-0.05, 0) is 49.5 Å². The standard InChI is InChI=1S/C28H27NO8/c1-14-12-21(31)25-20(26(14)34)13-19-17(23(25)15-2-4-16(5-3-15)37-11-10-30)6-7-18-24(19)28(36)29(27(18)35)9-8-22(32)33/h2-6,12,18-19,23-24,30H,7-11,13H2,1H3,(H,32,33). The third-order valence-corrected chi connectivity index (χ3v) is 7.78. The zero-order valence-corrected chi connectivity index (χ0v) is 20.3. The van der Waals surface area contributed by atoms with Gasteiger partial charge in [0.25, 0.3) is 0 Å². The van der Waals surface area contributed by atoms with Crippen molar-refractivity contribution in [1.82, 2.24) is 4.90 Å². The lowest BCUT2D eigenvalue weighted by atomic mass is 9.59. The van der Waals surface area contributed by atoms with Crippen LogP contribution in [0.15, 0.2) is 58.7 Å². The smallest absolute Gasteiger partial charge is 0.305 e. The molecule has 1 saturated heterocycles. The average Bonchev–Trinajstić information content (AvgIpc) is 3.13. The predicted octanol–water partition coefficient (Wildman–Crippen LogP) is 1.96. The van der Waals surface area contributed by atoms with E-state index in [1.165, 1.54) is 6.08 Å². The number of ether oxygens (including phenoxy) is 1. The normalized spacial score (nSPS) is 26.9. The molecule has 0 saturated carbocycles. The Balaban J connectivity index is 1.57. The summed E-state index contributed by atoms with van der Waals surface area (Å²) >= 11 is 0. The van der Waals surface area contributed by atoms with Crippen molar-refractivity contribution >= 4 is 29.4 Å². The van der Waals surface area contributed by atoms with Gasteiger partial charge in [0.05, 0.1) is 24.9 Å². The van der Waals surface area contributed by atoms with Crippen molar-refractivity contribution in [3.63, 3.8) is 0 Å². The lowest BCUT2D eigenvalue weighted by Gasteiger charge is -2.42. The fourth-order valence-corrected chi connectivity index (χ4v) is 6.17. The second kappa shape index (κ2) is 9.55. The molecule has 1 aromatic rings. The van der Waals surface area contributed by atoms with Crippen LogP contribution in [0.3, 0.4) is 0 Å². The van der Waals surface area contributed by atoms with Crippen LogP contribution in [0.1, 0.15) is 37.7 Å². The molecule has 1 heterocycles. The maximum absolute atomic E-state index is 13.4. The Morgan fingerprint density at radius 1 is 1.08 bits per heavy atom. The Morgan fingerprint density at radius 3 is 2.49 bits per heavy atom. The minimum Gasteiger partial charge on any atom is -0.491 e. The second-order valence-electron chi connectivity index (χ2n) is 9.84. The Morgan fingerprint density at radius 2 is 1.81 bits per heavy atom. The van der Waals surface area contributed by atoms with Gasteiger partial charge in [0, 0.05) is 29.2 Å². The van der Waals surface area contributed by atoms with E-state index in [0.29, 0.717) is 28.9 Å². The van der Waals surface area contributed by atoms with Crippen molar-refractivity contribution in [3.05, 3.63) is 64.3 Å². The first-order valence-corrected chi connectivity index (χ1v) is 12.3. The predicted molar refractivity (Wildman–Crippen MR) is 129 cm³/mol. The summed E-state index contributed by atoms with van der Waals surface area (Å²) in [6.45, 7) is 1.42. The van der Waals surface area contributed by atoms with Gasteiger partial charge in [-0.15, -0.1) is 0 Å². The Kier molecular flexibility index (Phi) is 6.41. The molecule has 5 rings (SSSR count). The third kappa shape index (κ3) is 4.13. The first-order chi connectivity index (χ1) is 17.7. The van der Waals surface area contributed by atoms with E-state index in [2.05, 4.69) is 0 Å². The molecular weight excluding hydrogens is 478 g/mol. The molecular formula is C28H27NO8. The molecule has 0 spiro atoms. The molecule has 192 valence electrons. The topological polar surface area (TPSA) is 138 Å². The van der Waals surface area contributed by atoms with Gasteiger partial charge in [-0.3, -0.25) is 28.9 Å². The molecule has 37 heavy (non-hydrogen) atoms. The number of aliphatic hydroxyl groups excluding tert-OH is 1. The van der Waals surface area contributed by atoms with Crippen LogP contribution >= 0.6 is 0 Å². The van der Waals surface area contributed by atoms with Crippen molar-refractivity contribution < 1.29 is 38.9 Å². The number of carboxylic acid groups (broad SMARTS) is 1. The molecule has 4 atom stereocenters. The number of likely N-dealkylation sites (tertiary alicyclic amines) is 1. The Labute approximate surface area is 213 Å². The number of hydrogen-bond donors (Lipinski definition) is 2. The number of carbonyl (C=O) groups excluding carboxylic acids is 4. The largest absolute Gasteiger partial charge is 0.491 e. The number of carboxylic acids is 1. The Bertz CT molecular complexity index is 1300. The SMILES string of the molecule is CC1=CC(=O)C2=C(CC3C(=CCC4C(=O)N(CCC(=O)O)C(=O)C43)C2c2ccc(OCCO)cc2)C1=O. The van der Waals surface area contributed by atoms with E-state index in [1.54, 1.807) is 31.2 Å². The van der Waals surface area contributed by atoms with E-state index in [1.807, 2.05) is 6.08 Å². The lowest BCUT2D eigenvalue weighted by molar-refractivity contribution is -0.142. The van der Waals surface area contributed by atoms with Crippen LogP contribution in [0.5, 0.6) is 5.75 Å². The molecule has 1 aliphatic heterocycles. The maximum atomic E-state index is 13.4. The third-order valence-electron chi connectivity index (χ3n) is 7.78. The van der Waals surface area contributed by atoms with Crippen molar-refractivity contribution in [2.75, 3.05) is 19.8 Å². The lowest BCUT2D eigenvalue weighted by Crippen LogP contribution is -2.40.